The summed E-state index contributed by atoms with van der Waals surface area (Å²) in [6.07, 6.45) is 9.40. The number of nitrogens with one attached hydrogen (secondary N) is 1. The van der Waals surface area contributed by atoms with Crippen LogP contribution < -0.4 is 5.32 Å². The summed E-state index contributed by atoms with van der Waals surface area (Å²) in [4.78, 5) is 14.3. The molecule has 0 unspecified atom stereocenters. The van der Waals surface area contributed by atoms with E-state index in [2.05, 4.69) is 10.2 Å². The quantitative estimate of drug-likeness (QED) is 0.782. The standard InChI is InChI=1S/C17H30N2O2/c1-21-13-17(8-2-9-17)12-18-15-5-6-16(20)19(10-7-15)11-14-3-4-14/h14-15,18H,2-13H2,1H3/t15-/m0/s1. The van der Waals surface area contributed by atoms with E-state index in [0.717, 1.165) is 51.4 Å². The summed E-state index contributed by atoms with van der Waals surface area (Å²) in [5, 5.41) is 3.74. The smallest absolute Gasteiger partial charge is 0.222 e. The van der Waals surface area contributed by atoms with Gasteiger partial charge in [-0.25, -0.2) is 0 Å². The molecule has 4 heteroatoms. The largest absolute Gasteiger partial charge is 0.384 e. The SMILES string of the molecule is COCC1(CN[C@H]2CCC(=O)N(CC3CC3)CC2)CCC1. The summed E-state index contributed by atoms with van der Waals surface area (Å²) >= 11 is 0. The van der Waals surface area contributed by atoms with Gasteiger partial charge in [-0.3, -0.25) is 4.79 Å². The van der Waals surface area contributed by atoms with Crippen molar-refractivity contribution in [3.8, 4) is 0 Å². The van der Waals surface area contributed by atoms with Crippen LogP contribution in [0.4, 0.5) is 0 Å². The normalized spacial score (nSPS) is 29.1. The van der Waals surface area contributed by atoms with E-state index in [1.54, 1.807) is 7.11 Å². The van der Waals surface area contributed by atoms with Gasteiger partial charge in [0, 0.05) is 44.6 Å². The van der Waals surface area contributed by atoms with Gasteiger partial charge in [0.2, 0.25) is 5.91 Å². The summed E-state index contributed by atoms with van der Waals surface area (Å²) in [5.74, 6) is 1.18. The number of rotatable bonds is 7. The fourth-order valence-corrected chi connectivity index (χ4v) is 3.76. The van der Waals surface area contributed by atoms with Crippen molar-refractivity contribution in [3.05, 3.63) is 0 Å². The van der Waals surface area contributed by atoms with Crippen LogP contribution in [0.2, 0.25) is 0 Å². The van der Waals surface area contributed by atoms with Crippen LogP contribution in [0.1, 0.15) is 51.4 Å². The number of carbonyl (C=O) groups is 1. The van der Waals surface area contributed by atoms with Crippen LogP contribution in [0.3, 0.4) is 0 Å². The molecule has 120 valence electrons. The first-order chi connectivity index (χ1) is 10.2. The first-order valence-electron chi connectivity index (χ1n) is 8.71. The molecule has 3 rings (SSSR count). The summed E-state index contributed by atoms with van der Waals surface area (Å²) in [6.45, 7) is 3.89. The summed E-state index contributed by atoms with van der Waals surface area (Å²) < 4.78 is 5.40. The van der Waals surface area contributed by atoms with Crippen LogP contribution >= 0.6 is 0 Å². The molecule has 1 aliphatic heterocycles. The Hall–Kier alpha value is -0.610. The lowest BCUT2D eigenvalue weighted by molar-refractivity contribution is -0.130. The Morgan fingerprint density at radius 3 is 2.71 bits per heavy atom. The van der Waals surface area contributed by atoms with Crippen molar-refractivity contribution in [1.82, 2.24) is 10.2 Å². The second kappa shape index (κ2) is 6.66. The minimum absolute atomic E-state index is 0.374. The molecule has 0 aromatic carbocycles. The Balaban J connectivity index is 1.44. The van der Waals surface area contributed by atoms with E-state index < -0.39 is 0 Å². The number of amides is 1. The predicted octanol–water partition coefficient (Wildman–Crippen LogP) is 2.18. The Labute approximate surface area is 128 Å². The lowest BCUT2D eigenvalue weighted by Crippen LogP contribution is -2.46. The highest BCUT2D eigenvalue weighted by Crippen LogP contribution is 2.40. The summed E-state index contributed by atoms with van der Waals surface area (Å²) in [7, 11) is 1.81. The number of methoxy groups -OCH3 is 1. The fourth-order valence-electron chi connectivity index (χ4n) is 3.76. The molecule has 0 spiro atoms. The van der Waals surface area contributed by atoms with Gasteiger partial charge in [0.25, 0.3) is 0 Å². The van der Waals surface area contributed by atoms with E-state index in [1.165, 1.54) is 32.1 Å². The second-order valence-corrected chi connectivity index (χ2v) is 7.47. The molecular weight excluding hydrogens is 264 g/mol. The van der Waals surface area contributed by atoms with Crippen molar-refractivity contribution in [3.63, 3.8) is 0 Å². The van der Waals surface area contributed by atoms with Gasteiger partial charge >= 0.3 is 0 Å². The van der Waals surface area contributed by atoms with Crippen LogP contribution in [0.5, 0.6) is 0 Å². The molecule has 1 N–H and O–H groups in total. The fraction of sp³-hybridized carbons (Fsp3) is 0.941. The third-order valence-electron chi connectivity index (χ3n) is 5.61. The van der Waals surface area contributed by atoms with Crippen LogP contribution in [0.15, 0.2) is 0 Å². The van der Waals surface area contributed by atoms with Gasteiger partial charge in [0.1, 0.15) is 0 Å². The summed E-state index contributed by atoms with van der Waals surface area (Å²) in [5.41, 5.74) is 0.374. The lowest BCUT2D eigenvalue weighted by Gasteiger charge is -2.42. The van der Waals surface area contributed by atoms with Gasteiger partial charge in [-0.1, -0.05) is 6.42 Å². The maximum Gasteiger partial charge on any atom is 0.222 e. The Morgan fingerprint density at radius 2 is 2.10 bits per heavy atom. The van der Waals surface area contributed by atoms with Gasteiger partial charge in [-0.05, 0) is 44.4 Å². The molecule has 1 saturated heterocycles. The monoisotopic (exact) mass is 294 g/mol. The average molecular weight is 294 g/mol. The number of likely N-dealkylation sites (tertiary alicyclic amines) is 1. The zero-order valence-electron chi connectivity index (χ0n) is 13.4. The predicted molar refractivity (Wildman–Crippen MR) is 83.1 cm³/mol. The van der Waals surface area contributed by atoms with Gasteiger partial charge in [0.15, 0.2) is 0 Å². The zero-order chi connectivity index (χ0) is 14.7. The topological polar surface area (TPSA) is 41.6 Å². The molecule has 1 heterocycles. The number of nitrogens with zero attached hydrogens (tertiary/aromatic N) is 1. The minimum Gasteiger partial charge on any atom is -0.384 e. The maximum absolute atomic E-state index is 12.2. The van der Waals surface area contributed by atoms with Crippen LogP contribution in [0.25, 0.3) is 0 Å². The third kappa shape index (κ3) is 3.98. The molecule has 2 aliphatic carbocycles. The van der Waals surface area contributed by atoms with Crippen molar-refractivity contribution in [1.29, 1.82) is 0 Å². The van der Waals surface area contributed by atoms with E-state index >= 15 is 0 Å². The van der Waals surface area contributed by atoms with Crippen molar-refractivity contribution >= 4 is 5.91 Å². The zero-order valence-corrected chi connectivity index (χ0v) is 13.4. The average Bonchev–Trinajstić information content (AvgIpc) is 3.25. The molecular formula is C17H30N2O2. The lowest BCUT2D eigenvalue weighted by atomic mass is 9.69. The van der Waals surface area contributed by atoms with Gasteiger partial charge in [-0.15, -0.1) is 0 Å². The molecule has 3 fully saturated rings. The van der Waals surface area contributed by atoms with E-state index in [1.807, 2.05) is 0 Å². The van der Waals surface area contributed by atoms with Crippen LogP contribution in [-0.2, 0) is 9.53 Å². The van der Waals surface area contributed by atoms with Crippen molar-refractivity contribution in [2.24, 2.45) is 11.3 Å². The van der Waals surface area contributed by atoms with Crippen LogP contribution in [0, 0.1) is 11.3 Å². The number of ether oxygens (including phenoxy) is 1. The molecule has 2 saturated carbocycles. The van der Waals surface area contributed by atoms with Crippen LogP contribution in [-0.4, -0.2) is 50.2 Å². The van der Waals surface area contributed by atoms with Crippen molar-refractivity contribution in [2.45, 2.75) is 57.4 Å². The Kier molecular flexibility index (Phi) is 4.85. The Bertz CT molecular complexity index is 364. The molecule has 0 radical (unpaired) electrons. The Morgan fingerprint density at radius 1 is 1.29 bits per heavy atom. The van der Waals surface area contributed by atoms with Gasteiger partial charge < -0.3 is 15.0 Å². The highest BCUT2D eigenvalue weighted by molar-refractivity contribution is 5.76. The van der Waals surface area contributed by atoms with E-state index in [0.29, 0.717) is 17.4 Å². The first kappa shape index (κ1) is 15.3. The molecule has 0 aromatic rings. The number of hydrogen-bond acceptors (Lipinski definition) is 3. The molecule has 3 aliphatic rings. The second-order valence-electron chi connectivity index (χ2n) is 7.47. The van der Waals surface area contributed by atoms with Crippen molar-refractivity contribution < 1.29 is 9.53 Å². The third-order valence-corrected chi connectivity index (χ3v) is 5.61. The van der Waals surface area contributed by atoms with Gasteiger partial charge in [0.05, 0.1) is 6.61 Å². The molecule has 0 bridgehead atoms. The molecule has 4 nitrogen and oxygen atoms in total. The van der Waals surface area contributed by atoms with E-state index in [9.17, 15) is 4.79 Å². The minimum atomic E-state index is 0.374. The maximum atomic E-state index is 12.2. The highest BCUT2D eigenvalue weighted by Gasteiger charge is 2.37. The molecule has 21 heavy (non-hydrogen) atoms. The molecule has 1 amide bonds. The molecule has 1 atom stereocenters. The van der Waals surface area contributed by atoms with Gasteiger partial charge in [-0.2, -0.15) is 0 Å². The number of carbonyl (C=O) groups excluding carboxylic acids is 1. The number of hydrogen-bond donors (Lipinski definition) is 1. The molecule has 0 aromatic heterocycles. The summed E-state index contributed by atoms with van der Waals surface area (Å²) in [6, 6.07) is 0.507. The van der Waals surface area contributed by atoms with Crippen molar-refractivity contribution in [2.75, 3.05) is 33.4 Å². The first-order valence-corrected chi connectivity index (χ1v) is 8.71. The van der Waals surface area contributed by atoms with E-state index in [4.69, 9.17) is 4.74 Å². The van der Waals surface area contributed by atoms with E-state index in [-0.39, 0.29) is 0 Å². The highest BCUT2D eigenvalue weighted by atomic mass is 16.5.